The number of para-hydroxylation sites is 2. The second-order valence-electron chi connectivity index (χ2n) is 12.5. The summed E-state index contributed by atoms with van der Waals surface area (Å²) < 4.78 is 15.3. The molecule has 0 aliphatic rings. The van der Waals surface area contributed by atoms with Crippen molar-refractivity contribution in [3.63, 3.8) is 0 Å². The van der Waals surface area contributed by atoms with Crippen LogP contribution < -0.4 is 0 Å². The van der Waals surface area contributed by atoms with Gasteiger partial charge < -0.3 is 13.4 Å². The van der Waals surface area contributed by atoms with E-state index in [2.05, 4.69) is 114 Å². The van der Waals surface area contributed by atoms with Gasteiger partial charge in [0.05, 0.1) is 22.1 Å². The maximum absolute atomic E-state index is 6.53. The van der Waals surface area contributed by atoms with Crippen LogP contribution in [0.4, 0.5) is 0 Å². The summed E-state index contributed by atoms with van der Waals surface area (Å²) >= 11 is 0. The smallest absolute Gasteiger partial charge is 0.180 e. The second-order valence-corrected chi connectivity index (χ2v) is 12.5. The Morgan fingerprint density at radius 3 is 2.14 bits per heavy atom. The van der Waals surface area contributed by atoms with Gasteiger partial charge in [0.25, 0.3) is 0 Å². The van der Waals surface area contributed by atoms with E-state index in [0.717, 1.165) is 66.4 Å². The quantitative estimate of drug-likeness (QED) is 0.196. The molecule has 0 N–H and O–H groups in total. The first kappa shape index (κ1) is 26.4. The van der Waals surface area contributed by atoms with Crippen LogP contribution in [0.3, 0.4) is 0 Å². The zero-order valence-electron chi connectivity index (χ0n) is 26.1. The topological polar surface area (TPSA) is 57.0 Å². The van der Waals surface area contributed by atoms with Gasteiger partial charge in [0.15, 0.2) is 11.4 Å². The standard InChI is InChI=1S/C44H25N3O2/c1-2-12-27(13-3-1)40-43-41(32-16-7-9-19-36(32)49-43)46-44(45-40)28-22-24-37-33(25-28)39-35(18-10-20-38(39)48-37)47-34-17-8-6-15-30(34)31-23-21-26-11-4-5-14-29(26)42(31)47/h1-25H. The lowest BCUT2D eigenvalue weighted by molar-refractivity contribution is 0.667. The molecule has 4 heterocycles. The van der Waals surface area contributed by atoms with E-state index in [1.54, 1.807) is 0 Å². The van der Waals surface area contributed by atoms with E-state index in [4.69, 9.17) is 18.8 Å². The van der Waals surface area contributed by atoms with Crippen LogP contribution in [0.5, 0.6) is 0 Å². The molecule has 228 valence electrons. The fourth-order valence-corrected chi connectivity index (χ4v) is 7.63. The van der Waals surface area contributed by atoms with Gasteiger partial charge in [0, 0.05) is 38.1 Å². The Labute approximate surface area is 279 Å². The largest absolute Gasteiger partial charge is 0.456 e. The molecule has 0 amide bonds. The number of aromatic nitrogens is 3. The molecular formula is C44H25N3O2. The highest BCUT2D eigenvalue weighted by Gasteiger charge is 2.21. The molecule has 4 aromatic heterocycles. The van der Waals surface area contributed by atoms with Crippen LogP contribution in [-0.4, -0.2) is 14.5 Å². The molecule has 0 spiro atoms. The van der Waals surface area contributed by atoms with Crippen molar-refractivity contribution in [1.29, 1.82) is 0 Å². The SMILES string of the molecule is c1ccc(-c2nc(-c3ccc4oc5cccc(-n6c7ccccc7c7ccc8ccccc8c76)c5c4c3)nc3c2oc2ccccc23)cc1. The average Bonchev–Trinajstić information content (AvgIpc) is 3.84. The predicted octanol–water partition coefficient (Wildman–Crippen LogP) is 11.9. The van der Waals surface area contributed by atoms with E-state index in [1.807, 2.05) is 42.5 Å². The van der Waals surface area contributed by atoms with Gasteiger partial charge in [-0.15, -0.1) is 0 Å². The number of benzene rings is 7. The second kappa shape index (κ2) is 9.89. The molecule has 0 bridgehead atoms. The molecule has 0 saturated carbocycles. The molecule has 0 aliphatic carbocycles. The van der Waals surface area contributed by atoms with Crippen molar-refractivity contribution in [3.8, 4) is 28.3 Å². The van der Waals surface area contributed by atoms with Gasteiger partial charge in [0.2, 0.25) is 0 Å². The van der Waals surface area contributed by atoms with Gasteiger partial charge in [-0.3, -0.25) is 0 Å². The predicted molar refractivity (Wildman–Crippen MR) is 199 cm³/mol. The average molecular weight is 628 g/mol. The molecule has 5 heteroatoms. The van der Waals surface area contributed by atoms with E-state index < -0.39 is 0 Å². The lowest BCUT2D eigenvalue weighted by Crippen LogP contribution is -1.96. The van der Waals surface area contributed by atoms with Crippen LogP contribution in [0, 0.1) is 0 Å². The maximum atomic E-state index is 6.53. The first-order valence-corrected chi connectivity index (χ1v) is 16.4. The van der Waals surface area contributed by atoms with Crippen molar-refractivity contribution in [2.45, 2.75) is 0 Å². The number of hydrogen-bond donors (Lipinski definition) is 0. The zero-order chi connectivity index (χ0) is 32.1. The summed E-state index contributed by atoms with van der Waals surface area (Å²) in [6.45, 7) is 0. The van der Waals surface area contributed by atoms with E-state index in [0.29, 0.717) is 11.4 Å². The molecule has 7 aromatic carbocycles. The normalized spacial score (nSPS) is 12.1. The molecule has 0 radical (unpaired) electrons. The van der Waals surface area contributed by atoms with E-state index in [1.165, 1.54) is 27.1 Å². The Balaban J connectivity index is 1.21. The summed E-state index contributed by atoms with van der Waals surface area (Å²) in [7, 11) is 0. The first-order chi connectivity index (χ1) is 24.3. The molecule has 5 nitrogen and oxygen atoms in total. The Morgan fingerprint density at radius 2 is 1.22 bits per heavy atom. The van der Waals surface area contributed by atoms with Gasteiger partial charge in [0.1, 0.15) is 28.0 Å². The van der Waals surface area contributed by atoms with Gasteiger partial charge in [-0.25, -0.2) is 9.97 Å². The van der Waals surface area contributed by atoms with Gasteiger partial charge in [-0.2, -0.15) is 0 Å². The summed E-state index contributed by atoms with van der Waals surface area (Å²) in [5.74, 6) is 0.634. The molecule has 0 atom stereocenters. The molecule has 11 rings (SSSR count). The third-order valence-corrected chi connectivity index (χ3v) is 9.80. The van der Waals surface area contributed by atoms with Gasteiger partial charge >= 0.3 is 0 Å². The van der Waals surface area contributed by atoms with E-state index in [-0.39, 0.29) is 0 Å². The minimum Gasteiger partial charge on any atom is -0.456 e. The molecular weight excluding hydrogens is 603 g/mol. The van der Waals surface area contributed by atoms with E-state index in [9.17, 15) is 0 Å². The summed E-state index contributed by atoms with van der Waals surface area (Å²) in [5.41, 5.74) is 9.98. The fourth-order valence-electron chi connectivity index (χ4n) is 7.63. The highest BCUT2D eigenvalue weighted by Crippen LogP contribution is 2.42. The molecule has 0 unspecified atom stereocenters. The van der Waals surface area contributed by atoms with Crippen molar-refractivity contribution in [2.75, 3.05) is 0 Å². The summed E-state index contributed by atoms with van der Waals surface area (Å²) in [4.78, 5) is 10.3. The van der Waals surface area contributed by atoms with Crippen LogP contribution in [0.2, 0.25) is 0 Å². The van der Waals surface area contributed by atoms with Crippen LogP contribution in [0.25, 0.3) is 105 Å². The van der Waals surface area contributed by atoms with Crippen molar-refractivity contribution in [1.82, 2.24) is 14.5 Å². The number of fused-ring (bicyclic) bond motifs is 11. The highest BCUT2D eigenvalue weighted by molar-refractivity contribution is 6.20. The van der Waals surface area contributed by atoms with Crippen molar-refractivity contribution < 1.29 is 8.83 Å². The minimum absolute atomic E-state index is 0.634. The lowest BCUT2D eigenvalue weighted by atomic mass is 10.0. The van der Waals surface area contributed by atoms with E-state index >= 15 is 0 Å². The third-order valence-electron chi connectivity index (χ3n) is 9.80. The Bertz CT molecular complexity index is 3110. The number of nitrogens with zero attached hydrogens (tertiary/aromatic N) is 3. The van der Waals surface area contributed by atoms with Crippen LogP contribution >= 0.6 is 0 Å². The number of hydrogen-bond acceptors (Lipinski definition) is 4. The Hall–Kier alpha value is -6.72. The fraction of sp³-hybridized carbons (Fsp3) is 0. The van der Waals surface area contributed by atoms with Crippen molar-refractivity contribution in [2.24, 2.45) is 0 Å². The summed E-state index contributed by atoms with van der Waals surface area (Å²) in [5, 5.41) is 7.89. The molecule has 49 heavy (non-hydrogen) atoms. The maximum Gasteiger partial charge on any atom is 0.180 e. The highest BCUT2D eigenvalue weighted by atomic mass is 16.3. The van der Waals surface area contributed by atoms with Crippen LogP contribution in [0.1, 0.15) is 0 Å². The van der Waals surface area contributed by atoms with Crippen molar-refractivity contribution in [3.05, 3.63) is 152 Å². The first-order valence-electron chi connectivity index (χ1n) is 16.4. The van der Waals surface area contributed by atoms with Crippen LogP contribution in [-0.2, 0) is 0 Å². The summed E-state index contributed by atoms with van der Waals surface area (Å²) in [6.07, 6.45) is 0. The zero-order valence-corrected chi connectivity index (χ0v) is 26.1. The molecule has 0 saturated heterocycles. The van der Waals surface area contributed by atoms with Crippen LogP contribution in [0.15, 0.2) is 160 Å². The monoisotopic (exact) mass is 627 g/mol. The molecule has 0 fully saturated rings. The number of rotatable bonds is 3. The minimum atomic E-state index is 0.634. The Kier molecular flexibility index (Phi) is 5.32. The Morgan fingerprint density at radius 1 is 0.469 bits per heavy atom. The third kappa shape index (κ3) is 3.75. The summed E-state index contributed by atoms with van der Waals surface area (Å²) in [6, 6.07) is 52.6. The molecule has 0 aliphatic heterocycles. The van der Waals surface area contributed by atoms with Gasteiger partial charge in [-0.1, -0.05) is 103 Å². The number of furan rings is 2. The van der Waals surface area contributed by atoms with Gasteiger partial charge in [-0.05, 0) is 53.9 Å². The molecule has 11 aromatic rings. The lowest BCUT2D eigenvalue weighted by Gasteiger charge is -2.11. The van der Waals surface area contributed by atoms with Crippen molar-refractivity contribution >= 4 is 76.6 Å².